The van der Waals surface area contributed by atoms with Crippen molar-refractivity contribution in [3.63, 3.8) is 0 Å². The summed E-state index contributed by atoms with van der Waals surface area (Å²) in [5, 5.41) is 13.6. The molecule has 15 heteroatoms. The van der Waals surface area contributed by atoms with Crippen LogP contribution < -0.4 is 26.3 Å². The largest absolute Gasteiger partial charge is 0.489 e. The second-order valence-electron chi connectivity index (χ2n) is 11.0. The molecular weight excluding hydrogens is 606 g/mol. The summed E-state index contributed by atoms with van der Waals surface area (Å²) < 4.78 is 69.8. The van der Waals surface area contributed by atoms with Crippen molar-refractivity contribution in [1.29, 1.82) is 0 Å². The molecule has 1 saturated carbocycles. The topological polar surface area (TPSA) is 163 Å². The van der Waals surface area contributed by atoms with Crippen LogP contribution >= 0.6 is 11.3 Å². The van der Waals surface area contributed by atoms with E-state index in [1.807, 2.05) is 0 Å². The van der Waals surface area contributed by atoms with E-state index in [2.05, 4.69) is 15.3 Å². The molecule has 1 aliphatic carbocycles. The van der Waals surface area contributed by atoms with Crippen LogP contribution in [-0.4, -0.2) is 52.3 Å². The van der Waals surface area contributed by atoms with Crippen LogP contribution in [0.5, 0.6) is 11.5 Å². The van der Waals surface area contributed by atoms with Crippen molar-refractivity contribution in [2.45, 2.75) is 43.1 Å². The zero-order chi connectivity index (χ0) is 31.6. The van der Waals surface area contributed by atoms with Gasteiger partial charge in [-0.25, -0.2) is 14.4 Å². The second kappa shape index (κ2) is 10.3. The molecule has 0 bridgehead atoms. The van der Waals surface area contributed by atoms with E-state index in [0.717, 1.165) is 42.4 Å². The normalized spacial score (nSPS) is 19.2. The standard InChI is InChI=1S/C29H25F4N5O5S/c1-27(25(34)40)12-42-23-17(27)10-20(37-21(23)13-2-4-15(30)5-3-13)28(41,29(31,32)33)11-36-24(39)14-8-18(43-16-6-7-16)22-19(9-14)44-26(35)38-22/h2-5,8-10,16,41H,6-7,11-12H2,1H3,(H2,34,40)(H2,35,38)(H,36,39)/t27-,28?/m0/s1. The van der Waals surface area contributed by atoms with E-state index in [1.165, 1.54) is 31.2 Å². The summed E-state index contributed by atoms with van der Waals surface area (Å²) in [6, 6.07) is 8.35. The van der Waals surface area contributed by atoms with E-state index < -0.39 is 47.1 Å². The summed E-state index contributed by atoms with van der Waals surface area (Å²) in [4.78, 5) is 33.9. The Morgan fingerprint density at radius 1 is 1.18 bits per heavy atom. The minimum absolute atomic E-state index is 0.0319. The molecule has 230 valence electrons. The van der Waals surface area contributed by atoms with Crippen molar-refractivity contribution in [2.24, 2.45) is 5.73 Å². The summed E-state index contributed by atoms with van der Waals surface area (Å²) in [7, 11) is 0. The molecule has 44 heavy (non-hydrogen) atoms. The van der Waals surface area contributed by atoms with Crippen LogP contribution in [0.1, 0.15) is 41.4 Å². The number of rotatable bonds is 8. The lowest BCUT2D eigenvalue weighted by molar-refractivity contribution is -0.265. The zero-order valence-electron chi connectivity index (χ0n) is 23.0. The van der Waals surface area contributed by atoms with Gasteiger partial charge in [0.25, 0.3) is 5.91 Å². The highest BCUT2D eigenvalue weighted by atomic mass is 32.1. The Labute approximate surface area is 251 Å². The number of hydrogen-bond acceptors (Lipinski definition) is 9. The molecule has 3 heterocycles. The number of aromatic nitrogens is 2. The fraction of sp³-hybridized carbons (Fsp3) is 0.310. The quantitative estimate of drug-likeness (QED) is 0.213. The molecule has 2 amide bonds. The highest BCUT2D eigenvalue weighted by Gasteiger charge is 2.57. The molecule has 0 radical (unpaired) electrons. The first-order chi connectivity index (χ1) is 20.7. The Balaban J connectivity index is 1.40. The number of anilines is 1. The Bertz CT molecular complexity index is 1810. The van der Waals surface area contributed by atoms with Crippen LogP contribution in [0.4, 0.5) is 22.7 Å². The Kier molecular flexibility index (Phi) is 6.92. The summed E-state index contributed by atoms with van der Waals surface area (Å²) >= 11 is 1.08. The molecule has 0 saturated heterocycles. The van der Waals surface area contributed by atoms with Crippen LogP contribution in [0.25, 0.3) is 21.5 Å². The maximum absolute atomic E-state index is 14.7. The van der Waals surface area contributed by atoms with E-state index in [1.54, 1.807) is 0 Å². The predicted octanol–water partition coefficient (Wildman–Crippen LogP) is 3.94. The number of halogens is 4. The molecule has 1 aliphatic heterocycles. The molecule has 0 spiro atoms. The lowest BCUT2D eigenvalue weighted by Gasteiger charge is -2.31. The number of thiazole rings is 1. The van der Waals surface area contributed by atoms with Crippen molar-refractivity contribution >= 4 is 38.5 Å². The lowest BCUT2D eigenvalue weighted by Crippen LogP contribution is -2.51. The number of carbonyl (C=O) groups excluding carboxylic acids is 2. The third-order valence-corrected chi connectivity index (χ3v) is 8.52. The van der Waals surface area contributed by atoms with Crippen molar-refractivity contribution in [1.82, 2.24) is 15.3 Å². The van der Waals surface area contributed by atoms with E-state index in [-0.39, 0.29) is 51.7 Å². The first kappa shape index (κ1) is 29.6. The van der Waals surface area contributed by atoms with Gasteiger partial charge in [0.15, 0.2) is 5.13 Å². The molecule has 2 atom stereocenters. The van der Waals surface area contributed by atoms with Crippen LogP contribution in [0.3, 0.4) is 0 Å². The number of benzene rings is 2. The van der Waals surface area contributed by atoms with Gasteiger partial charge in [0.1, 0.15) is 40.5 Å². The number of carbonyl (C=O) groups is 2. The van der Waals surface area contributed by atoms with Gasteiger partial charge in [-0.3, -0.25) is 9.59 Å². The number of pyridine rings is 1. The summed E-state index contributed by atoms with van der Waals surface area (Å²) in [5.74, 6) is -2.19. The highest BCUT2D eigenvalue weighted by Crippen LogP contribution is 2.48. The third-order valence-electron chi connectivity index (χ3n) is 7.69. The molecule has 1 fully saturated rings. The van der Waals surface area contributed by atoms with Crippen molar-refractivity contribution in [2.75, 3.05) is 18.9 Å². The SMILES string of the molecule is C[C@]1(C(N)=O)COc2c1cc(C(O)(CNC(=O)c1cc(OC3CC3)c3nc(N)sc3c1)C(F)(F)F)nc2-c1ccc(F)cc1. The fourth-order valence-corrected chi connectivity index (χ4v) is 5.64. The summed E-state index contributed by atoms with van der Waals surface area (Å²) in [5.41, 5.74) is 5.53. The maximum Gasteiger partial charge on any atom is 0.424 e. The molecule has 2 aromatic heterocycles. The highest BCUT2D eigenvalue weighted by molar-refractivity contribution is 7.22. The van der Waals surface area contributed by atoms with Gasteiger partial charge >= 0.3 is 6.18 Å². The number of nitrogens with two attached hydrogens (primary N) is 2. The number of hydrogen-bond donors (Lipinski definition) is 4. The summed E-state index contributed by atoms with van der Waals surface area (Å²) in [6.07, 6.45) is -3.81. The smallest absolute Gasteiger partial charge is 0.424 e. The Morgan fingerprint density at radius 3 is 2.52 bits per heavy atom. The molecule has 2 aliphatic rings. The fourth-order valence-electron chi connectivity index (χ4n) is 4.85. The predicted molar refractivity (Wildman–Crippen MR) is 152 cm³/mol. The number of ether oxygens (including phenoxy) is 2. The monoisotopic (exact) mass is 631 g/mol. The number of nitrogen functional groups attached to an aromatic ring is 1. The van der Waals surface area contributed by atoms with Gasteiger partial charge < -0.3 is 31.4 Å². The number of nitrogens with one attached hydrogen (secondary N) is 1. The molecule has 1 unspecified atom stereocenters. The van der Waals surface area contributed by atoms with Gasteiger partial charge in [0.05, 0.1) is 23.0 Å². The number of alkyl halides is 3. The minimum atomic E-state index is -5.36. The van der Waals surface area contributed by atoms with Crippen LogP contribution in [0.2, 0.25) is 0 Å². The van der Waals surface area contributed by atoms with E-state index in [9.17, 15) is 32.3 Å². The van der Waals surface area contributed by atoms with Gasteiger partial charge in [-0.05, 0) is 62.2 Å². The third kappa shape index (κ3) is 5.05. The molecule has 6 rings (SSSR count). The number of fused-ring (bicyclic) bond motifs is 2. The number of nitrogens with zero attached hydrogens (tertiary/aromatic N) is 2. The zero-order valence-corrected chi connectivity index (χ0v) is 23.8. The second-order valence-corrected chi connectivity index (χ2v) is 12.0. The minimum Gasteiger partial charge on any atom is -0.489 e. The van der Waals surface area contributed by atoms with Crippen LogP contribution in [-0.2, 0) is 15.8 Å². The van der Waals surface area contributed by atoms with Crippen molar-refractivity contribution < 1.29 is 41.7 Å². The Hall–Kier alpha value is -4.50. The molecule has 2 aromatic carbocycles. The van der Waals surface area contributed by atoms with Crippen LogP contribution in [0.15, 0.2) is 42.5 Å². The van der Waals surface area contributed by atoms with E-state index in [0.29, 0.717) is 10.2 Å². The molecular formula is C29H25F4N5O5S. The average Bonchev–Trinajstić information content (AvgIpc) is 3.60. The molecule has 4 aromatic rings. The Morgan fingerprint density at radius 2 is 1.89 bits per heavy atom. The number of aliphatic hydroxyl groups is 1. The van der Waals surface area contributed by atoms with Crippen molar-refractivity contribution in [3.8, 4) is 22.8 Å². The first-order valence-electron chi connectivity index (χ1n) is 13.4. The molecule has 6 N–H and O–H groups in total. The van der Waals surface area contributed by atoms with Gasteiger partial charge in [-0.2, -0.15) is 13.2 Å². The van der Waals surface area contributed by atoms with E-state index in [4.69, 9.17) is 20.9 Å². The van der Waals surface area contributed by atoms with Crippen molar-refractivity contribution in [3.05, 3.63) is 65.1 Å². The van der Waals surface area contributed by atoms with Gasteiger partial charge in [-0.1, -0.05) is 11.3 Å². The van der Waals surface area contributed by atoms with Crippen LogP contribution in [0, 0.1) is 5.82 Å². The lowest BCUT2D eigenvalue weighted by atomic mass is 9.81. The van der Waals surface area contributed by atoms with E-state index >= 15 is 0 Å². The molecule has 10 nitrogen and oxygen atoms in total. The summed E-state index contributed by atoms with van der Waals surface area (Å²) in [6.45, 7) is -0.259. The van der Waals surface area contributed by atoms with Gasteiger partial charge in [0, 0.05) is 16.7 Å². The van der Waals surface area contributed by atoms with Gasteiger partial charge in [-0.15, -0.1) is 0 Å². The maximum atomic E-state index is 14.7. The number of amides is 2. The van der Waals surface area contributed by atoms with Gasteiger partial charge in [0.2, 0.25) is 11.5 Å². The average molecular weight is 632 g/mol. The first-order valence-corrected chi connectivity index (χ1v) is 14.2. The number of primary amides is 1.